The fourth-order valence-electron chi connectivity index (χ4n) is 5.21. The number of benzene rings is 1. The molecule has 2 fully saturated rings. The summed E-state index contributed by atoms with van der Waals surface area (Å²) in [5, 5.41) is 13.3. The van der Waals surface area contributed by atoms with Gasteiger partial charge < -0.3 is 19.9 Å². The summed E-state index contributed by atoms with van der Waals surface area (Å²) >= 11 is 0. The second kappa shape index (κ2) is 8.59. The first-order valence-electron chi connectivity index (χ1n) is 12.2. The highest BCUT2D eigenvalue weighted by Crippen LogP contribution is 2.47. The van der Waals surface area contributed by atoms with Gasteiger partial charge in [0.25, 0.3) is 0 Å². The molecule has 6 nitrogen and oxygen atoms in total. The highest BCUT2D eigenvalue weighted by molar-refractivity contribution is 5.76. The molecular weight excluding hydrogens is 400 g/mol. The number of ether oxygens (including phenoxy) is 1. The number of piperazine rings is 1. The van der Waals surface area contributed by atoms with Gasteiger partial charge in [-0.15, -0.1) is 0 Å². The Morgan fingerprint density at radius 1 is 1.22 bits per heavy atom. The monoisotopic (exact) mass is 438 g/mol. The average molecular weight is 439 g/mol. The van der Waals surface area contributed by atoms with Crippen molar-refractivity contribution in [1.29, 1.82) is 5.26 Å². The second-order valence-electron chi connectivity index (χ2n) is 11.0. The molecule has 2 aliphatic heterocycles. The zero-order valence-electron chi connectivity index (χ0n) is 20.5. The Labute approximate surface area is 192 Å². The maximum Gasteiger partial charge on any atom is 0.317 e. The minimum absolute atomic E-state index is 0.0156. The van der Waals surface area contributed by atoms with Crippen LogP contribution in [0.3, 0.4) is 0 Å². The number of carbonyl (C=O) groups is 1. The van der Waals surface area contributed by atoms with Crippen LogP contribution < -0.4 is 10.2 Å². The molecule has 32 heavy (non-hydrogen) atoms. The number of nitrogens with one attached hydrogen (secondary N) is 1. The summed E-state index contributed by atoms with van der Waals surface area (Å²) < 4.78 is 6.14. The lowest BCUT2D eigenvalue weighted by molar-refractivity contribution is -0.0405. The first-order valence-corrected chi connectivity index (χ1v) is 12.2. The minimum Gasteiger partial charge on any atom is -0.371 e. The van der Waals surface area contributed by atoms with E-state index in [0.717, 1.165) is 30.8 Å². The molecule has 1 saturated heterocycles. The number of amides is 2. The summed E-state index contributed by atoms with van der Waals surface area (Å²) in [5.41, 5.74) is 5.42. The molecule has 2 amide bonds. The third kappa shape index (κ3) is 4.45. The molecule has 1 N–H and O–H groups in total. The third-order valence-corrected chi connectivity index (χ3v) is 7.10. The first-order chi connectivity index (χ1) is 15.1. The van der Waals surface area contributed by atoms with Gasteiger partial charge in [-0.3, -0.25) is 0 Å². The largest absolute Gasteiger partial charge is 0.371 e. The lowest BCUT2D eigenvalue weighted by Gasteiger charge is -2.45. The Bertz CT molecular complexity index is 927. The Balaban J connectivity index is 1.70. The predicted octanol–water partition coefficient (Wildman–Crippen LogP) is 4.55. The molecule has 1 aromatic rings. The van der Waals surface area contributed by atoms with E-state index < -0.39 is 0 Å². The van der Waals surface area contributed by atoms with E-state index in [9.17, 15) is 10.1 Å². The predicted molar refractivity (Wildman–Crippen MR) is 127 cm³/mol. The van der Waals surface area contributed by atoms with E-state index in [1.54, 1.807) is 0 Å². The zero-order valence-corrected chi connectivity index (χ0v) is 20.5. The van der Waals surface area contributed by atoms with E-state index in [1.165, 1.54) is 29.5 Å². The Morgan fingerprint density at radius 3 is 2.53 bits per heavy atom. The van der Waals surface area contributed by atoms with E-state index >= 15 is 0 Å². The minimum atomic E-state index is -0.258. The van der Waals surface area contributed by atoms with Gasteiger partial charge in [0.15, 0.2) is 0 Å². The summed E-state index contributed by atoms with van der Waals surface area (Å²) in [4.78, 5) is 17.2. The molecule has 3 aliphatic rings. The molecule has 0 aromatic heterocycles. The van der Waals surface area contributed by atoms with Crippen molar-refractivity contribution in [3.8, 4) is 6.07 Å². The van der Waals surface area contributed by atoms with Crippen molar-refractivity contribution in [3.63, 3.8) is 0 Å². The van der Waals surface area contributed by atoms with Gasteiger partial charge in [0.05, 0.1) is 29.5 Å². The number of hydrogen-bond donors (Lipinski definition) is 1. The van der Waals surface area contributed by atoms with Gasteiger partial charge >= 0.3 is 6.03 Å². The van der Waals surface area contributed by atoms with Crippen molar-refractivity contribution < 1.29 is 9.53 Å². The van der Waals surface area contributed by atoms with Crippen molar-refractivity contribution in [2.45, 2.75) is 91.0 Å². The van der Waals surface area contributed by atoms with Crippen LogP contribution in [0.25, 0.3) is 0 Å². The van der Waals surface area contributed by atoms with Crippen molar-refractivity contribution in [2.75, 3.05) is 24.5 Å². The topological polar surface area (TPSA) is 68.6 Å². The molecule has 4 rings (SSSR count). The van der Waals surface area contributed by atoms with Gasteiger partial charge in [-0.2, -0.15) is 5.26 Å². The molecule has 0 radical (unpaired) electrons. The van der Waals surface area contributed by atoms with Gasteiger partial charge in [0.1, 0.15) is 6.07 Å². The van der Waals surface area contributed by atoms with Gasteiger partial charge in [-0.05, 0) is 75.1 Å². The van der Waals surface area contributed by atoms with E-state index in [4.69, 9.17) is 4.74 Å². The molecule has 2 heterocycles. The average Bonchev–Trinajstić information content (AvgIpc) is 3.56. The number of urea groups is 1. The second-order valence-corrected chi connectivity index (χ2v) is 11.0. The Morgan fingerprint density at radius 2 is 1.94 bits per heavy atom. The number of nitrogens with zero attached hydrogens (tertiary/aromatic N) is 3. The number of fused-ring (bicyclic) bond motifs is 1. The van der Waals surface area contributed by atoms with E-state index in [1.807, 2.05) is 18.7 Å². The highest BCUT2D eigenvalue weighted by atomic mass is 16.5. The van der Waals surface area contributed by atoms with Gasteiger partial charge in [0.2, 0.25) is 0 Å². The maximum atomic E-state index is 12.8. The molecule has 1 aromatic carbocycles. The highest BCUT2D eigenvalue weighted by Gasteiger charge is 2.38. The van der Waals surface area contributed by atoms with Crippen LogP contribution in [0.2, 0.25) is 0 Å². The van der Waals surface area contributed by atoms with Gasteiger partial charge in [0, 0.05) is 32.1 Å². The van der Waals surface area contributed by atoms with Crippen LogP contribution in [-0.2, 0) is 17.8 Å². The summed E-state index contributed by atoms with van der Waals surface area (Å²) in [6.07, 6.45) is 3.21. The summed E-state index contributed by atoms with van der Waals surface area (Å²) in [6.45, 7) is 15.3. The van der Waals surface area contributed by atoms with Crippen LogP contribution in [0.15, 0.2) is 6.07 Å². The fraction of sp³-hybridized carbons (Fsp3) is 0.692. The van der Waals surface area contributed by atoms with E-state index in [0.29, 0.717) is 25.0 Å². The molecule has 0 bridgehead atoms. The van der Waals surface area contributed by atoms with Crippen molar-refractivity contribution in [1.82, 2.24) is 10.2 Å². The summed E-state index contributed by atoms with van der Waals surface area (Å²) in [7, 11) is 0. The van der Waals surface area contributed by atoms with Crippen LogP contribution in [-0.4, -0.2) is 48.3 Å². The number of nitriles is 1. The molecule has 6 heteroatoms. The zero-order chi connectivity index (χ0) is 23.2. The molecule has 1 aliphatic carbocycles. The quantitative estimate of drug-likeness (QED) is 0.749. The van der Waals surface area contributed by atoms with Crippen LogP contribution >= 0.6 is 0 Å². The Kier molecular flexibility index (Phi) is 6.15. The van der Waals surface area contributed by atoms with Gasteiger partial charge in [-0.1, -0.05) is 13.8 Å². The van der Waals surface area contributed by atoms with Gasteiger partial charge in [-0.25, -0.2) is 4.79 Å². The van der Waals surface area contributed by atoms with Crippen LogP contribution in [0.5, 0.6) is 0 Å². The van der Waals surface area contributed by atoms with Crippen LogP contribution in [0.4, 0.5) is 10.5 Å². The van der Waals surface area contributed by atoms with E-state index in [-0.39, 0.29) is 23.7 Å². The summed E-state index contributed by atoms with van der Waals surface area (Å²) in [6, 6.07) is 5.07. The SMILES string of the molecule is CC(C)NC(=O)N1CCN(c2cc(C3CC3)c3c(c2C#N)CC(C)(C)OC3)C[C@H]1C(C)C. The molecule has 0 unspecified atom stereocenters. The standard InChI is InChI=1S/C26H38N4O2/c1-16(2)24-14-29(9-10-30(24)25(31)28-17(3)4)23-11-19(18-7-8-18)22-15-32-26(5,6)12-20(22)21(23)13-27/h11,16-18,24H,7-10,12,14-15H2,1-6H3,(H,28,31)/t24-/m0/s1. The van der Waals surface area contributed by atoms with Crippen molar-refractivity contribution >= 4 is 11.7 Å². The Hall–Kier alpha value is -2.26. The molecule has 174 valence electrons. The number of rotatable bonds is 4. The molecule has 1 saturated carbocycles. The lowest BCUT2D eigenvalue weighted by atomic mass is 9.83. The third-order valence-electron chi connectivity index (χ3n) is 7.10. The number of carbonyl (C=O) groups excluding carboxylic acids is 1. The van der Waals surface area contributed by atoms with Crippen LogP contribution in [0.1, 0.15) is 82.6 Å². The fourth-order valence-corrected chi connectivity index (χ4v) is 5.21. The molecular formula is C26H38N4O2. The van der Waals surface area contributed by atoms with Crippen molar-refractivity contribution in [2.24, 2.45) is 5.92 Å². The van der Waals surface area contributed by atoms with Crippen LogP contribution in [0, 0.1) is 17.2 Å². The molecule has 1 atom stereocenters. The maximum absolute atomic E-state index is 12.8. The lowest BCUT2D eigenvalue weighted by Crippen LogP contribution is -2.60. The smallest absolute Gasteiger partial charge is 0.317 e. The number of anilines is 1. The normalized spacial score (nSPS) is 22.7. The van der Waals surface area contributed by atoms with Crippen molar-refractivity contribution in [3.05, 3.63) is 28.3 Å². The molecule has 0 spiro atoms. The summed E-state index contributed by atoms with van der Waals surface area (Å²) in [5.74, 6) is 0.924. The van der Waals surface area contributed by atoms with E-state index in [2.05, 4.69) is 50.0 Å². The first kappa shape index (κ1) is 22.9. The number of hydrogen-bond acceptors (Lipinski definition) is 4.